The molecular formula is C20H19N3O5S2. The van der Waals surface area contributed by atoms with Crippen LogP contribution in [0, 0.1) is 10.1 Å². The molecule has 2 atom stereocenters. The Balaban J connectivity index is 1.60. The number of nitro groups is 1. The predicted octanol–water partition coefficient (Wildman–Crippen LogP) is 3.07. The number of hydrogen-bond acceptors (Lipinski definition) is 8. The molecule has 0 amide bonds. The minimum absolute atomic E-state index is 0.0160. The van der Waals surface area contributed by atoms with Gasteiger partial charge in [-0.2, -0.15) is 0 Å². The van der Waals surface area contributed by atoms with Gasteiger partial charge in [0, 0.05) is 29.1 Å². The molecule has 0 saturated carbocycles. The van der Waals surface area contributed by atoms with Crippen LogP contribution in [0.15, 0.2) is 53.5 Å². The molecule has 4 rings (SSSR count). The summed E-state index contributed by atoms with van der Waals surface area (Å²) in [6.45, 7) is 1.49. The van der Waals surface area contributed by atoms with Crippen LogP contribution < -0.4 is 4.90 Å². The second-order valence-electron chi connectivity index (χ2n) is 7.31. The topological polar surface area (TPSA) is 110 Å². The van der Waals surface area contributed by atoms with Gasteiger partial charge in [-0.05, 0) is 24.6 Å². The Labute approximate surface area is 178 Å². The quantitative estimate of drug-likeness (QED) is 0.395. The fraction of sp³-hybridized carbons (Fsp3) is 0.300. The van der Waals surface area contributed by atoms with Crippen LogP contribution in [0.25, 0.3) is 0 Å². The van der Waals surface area contributed by atoms with Gasteiger partial charge < -0.3 is 4.90 Å². The lowest BCUT2D eigenvalue weighted by atomic mass is 10.1. The lowest BCUT2D eigenvalue weighted by Crippen LogP contribution is -2.39. The number of carbonyl (C=O) groups excluding carboxylic acids is 1. The molecule has 1 fully saturated rings. The number of rotatable bonds is 5. The van der Waals surface area contributed by atoms with Crippen LogP contribution in [-0.2, 0) is 15.6 Å². The number of thioether (sulfide) groups is 1. The van der Waals surface area contributed by atoms with Gasteiger partial charge in [0.15, 0.2) is 20.8 Å². The first kappa shape index (κ1) is 20.5. The molecule has 2 aliphatic rings. The summed E-state index contributed by atoms with van der Waals surface area (Å²) in [7, 11) is -3.17. The average Bonchev–Trinajstić information content (AvgIpc) is 3.17. The summed E-state index contributed by atoms with van der Waals surface area (Å²) in [5, 5.41) is 11.5. The summed E-state index contributed by atoms with van der Waals surface area (Å²) in [6.07, 6.45) is 0. The molecule has 2 aliphatic heterocycles. The van der Waals surface area contributed by atoms with E-state index in [1.807, 2.05) is 11.0 Å². The number of Topliss-reactive ketones (excluding diaryl/α,β-unsaturated/α-hetero) is 1. The zero-order valence-electron chi connectivity index (χ0n) is 16.1. The van der Waals surface area contributed by atoms with E-state index in [2.05, 4.69) is 4.99 Å². The van der Waals surface area contributed by atoms with Gasteiger partial charge >= 0.3 is 0 Å². The van der Waals surface area contributed by atoms with E-state index in [4.69, 9.17) is 0 Å². The molecule has 0 unspecified atom stereocenters. The highest BCUT2D eigenvalue weighted by Gasteiger charge is 2.47. The van der Waals surface area contributed by atoms with Crippen molar-refractivity contribution in [2.75, 3.05) is 16.4 Å². The summed E-state index contributed by atoms with van der Waals surface area (Å²) in [6, 6.07) is 12.8. The highest BCUT2D eigenvalue weighted by Crippen LogP contribution is 2.36. The molecule has 0 bridgehead atoms. The van der Waals surface area contributed by atoms with Crippen LogP contribution in [0.5, 0.6) is 0 Å². The molecule has 156 valence electrons. The number of fused-ring (bicyclic) bond motifs is 1. The number of ketones is 1. The van der Waals surface area contributed by atoms with E-state index in [0.29, 0.717) is 16.5 Å². The van der Waals surface area contributed by atoms with Crippen LogP contribution in [0.4, 0.5) is 11.4 Å². The minimum Gasteiger partial charge on any atom is -0.315 e. The number of hydrogen-bond donors (Lipinski definition) is 0. The Morgan fingerprint density at radius 1 is 1.23 bits per heavy atom. The Bertz CT molecular complexity index is 1150. The van der Waals surface area contributed by atoms with Crippen molar-refractivity contribution in [3.05, 3.63) is 69.8 Å². The third-order valence-corrected chi connectivity index (χ3v) is 7.89. The summed E-state index contributed by atoms with van der Waals surface area (Å²) >= 11 is 1.45. The van der Waals surface area contributed by atoms with Crippen molar-refractivity contribution in [2.45, 2.75) is 24.8 Å². The second-order valence-corrected chi connectivity index (χ2v) is 10.4. The maximum absolute atomic E-state index is 12.2. The number of carbonyl (C=O) groups is 1. The van der Waals surface area contributed by atoms with Gasteiger partial charge in [-0.1, -0.05) is 36.0 Å². The molecule has 2 aromatic rings. The third kappa shape index (κ3) is 4.10. The van der Waals surface area contributed by atoms with E-state index < -0.39 is 14.8 Å². The maximum Gasteiger partial charge on any atom is 0.269 e. The van der Waals surface area contributed by atoms with E-state index in [1.54, 1.807) is 30.3 Å². The molecule has 0 radical (unpaired) electrons. The first-order valence-electron chi connectivity index (χ1n) is 9.28. The van der Waals surface area contributed by atoms with Gasteiger partial charge in [-0.15, -0.1) is 0 Å². The van der Waals surface area contributed by atoms with Gasteiger partial charge in [-0.25, -0.2) is 8.42 Å². The molecule has 2 aromatic carbocycles. The summed E-state index contributed by atoms with van der Waals surface area (Å²) in [5.74, 6) is 0.505. The number of nitro benzene ring substituents is 1. The maximum atomic E-state index is 12.2. The van der Waals surface area contributed by atoms with Gasteiger partial charge in [-0.3, -0.25) is 19.9 Å². The number of anilines is 1. The predicted molar refractivity (Wildman–Crippen MR) is 117 cm³/mol. The lowest BCUT2D eigenvalue weighted by Gasteiger charge is -2.26. The summed E-state index contributed by atoms with van der Waals surface area (Å²) < 4.78 is 24.3. The molecule has 10 heteroatoms. The third-order valence-electron chi connectivity index (χ3n) is 5.15. The van der Waals surface area contributed by atoms with Crippen molar-refractivity contribution in [3.63, 3.8) is 0 Å². The molecule has 0 N–H and O–H groups in total. The van der Waals surface area contributed by atoms with Gasteiger partial charge in [0.05, 0.1) is 28.5 Å². The number of non-ortho nitro benzene ring substituents is 1. The zero-order valence-corrected chi connectivity index (χ0v) is 17.7. The van der Waals surface area contributed by atoms with Crippen LogP contribution in [0.1, 0.15) is 22.8 Å². The largest absolute Gasteiger partial charge is 0.315 e. The standard InChI is InChI=1S/C20H19N3O5S2/c1-13(24)15-3-2-4-17(9-15)22-19-12-30(27,28)11-18(19)21-20(22)29-10-14-5-7-16(8-6-14)23(25)26/h2-9,18-19H,10-12H2,1H3/t18-,19+/m0/s1. The average molecular weight is 446 g/mol. The van der Waals surface area contributed by atoms with Crippen molar-refractivity contribution >= 4 is 43.9 Å². The van der Waals surface area contributed by atoms with Gasteiger partial charge in [0.1, 0.15) is 0 Å². The first-order chi connectivity index (χ1) is 14.2. The van der Waals surface area contributed by atoms with Crippen molar-refractivity contribution in [3.8, 4) is 0 Å². The Morgan fingerprint density at radius 2 is 1.97 bits per heavy atom. The van der Waals surface area contributed by atoms with Crippen molar-refractivity contribution < 1.29 is 18.1 Å². The molecule has 0 aliphatic carbocycles. The fourth-order valence-corrected chi connectivity index (χ4v) is 6.59. The molecule has 30 heavy (non-hydrogen) atoms. The van der Waals surface area contributed by atoms with E-state index in [9.17, 15) is 23.3 Å². The smallest absolute Gasteiger partial charge is 0.269 e. The molecular weight excluding hydrogens is 426 g/mol. The van der Waals surface area contributed by atoms with Crippen LogP contribution >= 0.6 is 11.8 Å². The van der Waals surface area contributed by atoms with Gasteiger partial charge in [0.2, 0.25) is 0 Å². The van der Waals surface area contributed by atoms with Crippen molar-refractivity contribution in [2.24, 2.45) is 4.99 Å². The Kier molecular flexibility index (Phi) is 5.37. The van der Waals surface area contributed by atoms with E-state index in [0.717, 1.165) is 11.3 Å². The molecule has 1 saturated heterocycles. The highest BCUT2D eigenvalue weighted by molar-refractivity contribution is 8.13. The second kappa shape index (κ2) is 7.84. The monoisotopic (exact) mass is 445 g/mol. The zero-order chi connectivity index (χ0) is 21.5. The van der Waals surface area contributed by atoms with E-state index in [1.165, 1.54) is 30.8 Å². The number of nitrogens with zero attached hydrogens (tertiary/aromatic N) is 3. The SMILES string of the molecule is CC(=O)c1cccc(N2C(SCc3ccc([N+](=O)[O-])cc3)=N[C@H]3CS(=O)(=O)C[C@H]32)c1. The van der Waals surface area contributed by atoms with E-state index >= 15 is 0 Å². The van der Waals surface area contributed by atoms with Crippen molar-refractivity contribution in [1.82, 2.24) is 0 Å². The highest BCUT2D eigenvalue weighted by atomic mass is 32.2. The number of sulfone groups is 1. The summed E-state index contributed by atoms with van der Waals surface area (Å²) in [5.41, 5.74) is 2.22. The molecule has 2 heterocycles. The molecule has 8 nitrogen and oxygen atoms in total. The van der Waals surface area contributed by atoms with Crippen molar-refractivity contribution in [1.29, 1.82) is 0 Å². The van der Waals surface area contributed by atoms with Gasteiger partial charge in [0.25, 0.3) is 5.69 Å². The normalized spacial score (nSPS) is 21.9. The molecule has 0 aromatic heterocycles. The number of benzene rings is 2. The number of aliphatic imine (C=N–C) groups is 1. The fourth-order valence-electron chi connectivity index (χ4n) is 3.67. The Morgan fingerprint density at radius 3 is 2.63 bits per heavy atom. The lowest BCUT2D eigenvalue weighted by molar-refractivity contribution is -0.384. The first-order valence-corrected chi connectivity index (χ1v) is 12.1. The van der Waals surface area contributed by atoms with E-state index in [-0.39, 0.29) is 35.1 Å². The minimum atomic E-state index is -3.17. The van der Waals surface area contributed by atoms with Crippen LogP contribution in [-0.4, -0.2) is 47.9 Å². The summed E-state index contributed by atoms with van der Waals surface area (Å²) in [4.78, 5) is 28.8. The molecule has 0 spiro atoms. The Hall–Kier alpha value is -2.72. The van der Waals surface area contributed by atoms with Crippen LogP contribution in [0.2, 0.25) is 0 Å². The number of amidine groups is 1. The van der Waals surface area contributed by atoms with Crippen LogP contribution in [0.3, 0.4) is 0 Å².